The first-order valence-corrected chi connectivity index (χ1v) is 11.1. The number of benzene rings is 3. The number of hydrogen-bond donors (Lipinski definition) is 0. The molecule has 1 aliphatic rings. The van der Waals surface area contributed by atoms with Crippen LogP contribution in [0.15, 0.2) is 108 Å². The van der Waals surface area contributed by atoms with Crippen molar-refractivity contribution in [1.29, 1.82) is 0 Å². The number of halogens is 1. The fourth-order valence-electron chi connectivity index (χ4n) is 3.67. The van der Waals surface area contributed by atoms with E-state index in [0.717, 1.165) is 27.9 Å². The summed E-state index contributed by atoms with van der Waals surface area (Å²) in [5.41, 5.74) is 4.34. The van der Waals surface area contributed by atoms with Crippen LogP contribution in [0, 0.1) is 0 Å². The molecule has 1 aliphatic carbocycles. The quantitative estimate of drug-likeness (QED) is 0.319. The van der Waals surface area contributed by atoms with E-state index in [1.165, 1.54) is 11.1 Å². The van der Waals surface area contributed by atoms with Gasteiger partial charge in [0.05, 0.1) is 0 Å². The molecule has 0 bridgehead atoms. The molecule has 0 radical (unpaired) electrons. The molecule has 3 aromatic carbocycles. The third-order valence-corrected chi connectivity index (χ3v) is 5.82. The smallest absolute Gasteiger partial charge is 0.163 e. The van der Waals surface area contributed by atoms with E-state index in [2.05, 4.69) is 82.7 Å². The van der Waals surface area contributed by atoms with E-state index in [1.807, 2.05) is 36.4 Å². The first-order valence-electron chi connectivity index (χ1n) is 10.3. The Bertz CT molecular complexity index is 1250. The number of allylic oxidation sites excluding steroid dienone is 4. The molecule has 0 amide bonds. The highest BCUT2D eigenvalue weighted by Gasteiger charge is 2.18. The minimum atomic E-state index is 0.118. The molecule has 1 unspecified atom stereocenters. The molecule has 0 saturated heterocycles. The van der Waals surface area contributed by atoms with Gasteiger partial charge >= 0.3 is 0 Å². The van der Waals surface area contributed by atoms with Crippen LogP contribution in [0.3, 0.4) is 0 Å². The van der Waals surface area contributed by atoms with Crippen LogP contribution in [0.5, 0.6) is 0 Å². The van der Waals surface area contributed by atoms with Crippen molar-refractivity contribution in [1.82, 2.24) is 15.0 Å². The van der Waals surface area contributed by atoms with Gasteiger partial charge in [0, 0.05) is 21.5 Å². The topological polar surface area (TPSA) is 38.7 Å². The Kier molecular flexibility index (Phi) is 5.55. The predicted octanol–water partition coefficient (Wildman–Crippen LogP) is 7.19. The van der Waals surface area contributed by atoms with Crippen molar-refractivity contribution in [3.05, 3.63) is 113 Å². The van der Waals surface area contributed by atoms with Gasteiger partial charge in [0.2, 0.25) is 0 Å². The van der Waals surface area contributed by atoms with Crippen molar-refractivity contribution in [2.45, 2.75) is 12.3 Å². The van der Waals surface area contributed by atoms with Gasteiger partial charge in [-0.3, -0.25) is 0 Å². The number of nitrogens with zero attached hydrogens (tertiary/aromatic N) is 3. The Hall–Kier alpha value is -3.37. The van der Waals surface area contributed by atoms with Gasteiger partial charge in [-0.2, -0.15) is 0 Å². The molecule has 4 heteroatoms. The largest absolute Gasteiger partial charge is 0.212 e. The summed E-state index contributed by atoms with van der Waals surface area (Å²) in [5.74, 6) is 2.30. The van der Waals surface area contributed by atoms with E-state index in [9.17, 15) is 0 Å². The van der Waals surface area contributed by atoms with Crippen LogP contribution in [0.4, 0.5) is 0 Å². The molecule has 0 aliphatic heterocycles. The van der Waals surface area contributed by atoms with Crippen molar-refractivity contribution in [2.24, 2.45) is 0 Å². The molecule has 0 spiro atoms. The minimum absolute atomic E-state index is 0.118. The summed E-state index contributed by atoms with van der Waals surface area (Å²) in [4.78, 5) is 14.5. The first kappa shape index (κ1) is 19.6. The lowest BCUT2D eigenvalue weighted by atomic mass is 9.99. The zero-order valence-electron chi connectivity index (χ0n) is 16.8. The molecule has 150 valence electrons. The first-order chi connectivity index (χ1) is 15.3. The lowest BCUT2D eigenvalue weighted by molar-refractivity contribution is 0.763. The van der Waals surface area contributed by atoms with E-state index in [0.29, 0.717) is 11.6 Å². The van der Waals surface area contributed by atoms with Crippen LogP contribution in [0.25, 0.3) is 33.9 Å². The third-order valence-electron chi connectivity index (χ3n) is 5.29. The van der Waals surface area contributed by atoms with Crippen molar-refractivity contribution in [3.63, 3.8) is 0 Å². The van der Waals surface area contributed by atoms with Gasteiger partial charge in [-0.25, -0.2) is 15.0 Å². The summed E-state index contributed by atoms with van der Waals surface area (Å²) >= 11 is 3.59. The number of aromatic nitrogens is 3. The van der Waals surface area contributed by atoms with Crippen molar-refractivity contribution < 1.29 is 0 Å². The van der Waals surface area contributed by atoms with Gasteiger partial charge in [0.15, 0.2) is 11.6 Å². The predicted molar refractivity (Wildman–Crippen MR) is 130 cm³/mol. The highest BCUT2D eigenvalue weighted by molar-refractivity contribution is 9.11. The molecule has 3 nitrogen and oxygen atoms in total. The molecule has 5 rings (SSSR count). The zero-order chi connectivity index (χ0) is 21.0. The monoisotopic (exact) mass is 465 g/mol. The standard InChI is InChI=1S/C27H20BrN3/c28-24-13-7-12-23(18-24)27-30-25(21-10-5-2-6-11-21)29-26(31-27)22-16-14-20(15-17-22)19-8-3-1-4-9-19/h1-11,13-18,23H,12H2. The summed E-state index contributed by atoms with van der Waals surface area (Å²) in [6, 6.07) is 28.9. The maximum atomic E-state index is 4.87. The molecular weight excluding hydrogens is 446 g/mol. The molecule has 1 heterocycles. The summed E-state index contributed by atoms with van der Waals surface area (Å²) in [6.45, 7) is 0. The Balaban J connectivity index is 1.57. The molecular formula is C27H20BrN3. The van der Waals surface area contributed by atoms with Crippen LogP contribution < -0.4 is 0 Å². The average molecular weight is 466 g/mol. The summed E-state index contributed by atoms with van der Waals surface area (Å²) in [5, 5.41) is 0. The van der Waals surface area contributed by atoms with Gasteiger partial charge in [-0.15, -0.1) is 0 Å². The maximum Gasteiger partial charge on any atom is 0.163 e. The molecule has 1 atom stereocenters. The number of hydrogen-bond acceptors (Lipinski definition) is 3. The van der Waals surface area contributed by atoms with E-state index >= 15 is 0 Å². The Labute approximate surface area is 190 Å². The molecule has 0 N–H and O–H groups in total. The SMILES string of the molecule is BrC1=CC(c2nc(-c3ccccc3)nc(-c3ccc(-c4ccccc4)cc3)n2)CC=C1. The molecule has 0 saturated carbocycles. The zero-order valence-corrected chi connectivity index (χ0v) is 18.4. The van der Waals surface area contributed by atoms with Crippen LogP contribution in [-0.4, -0.2) is 15.0 Å². The van der Waals surface area contributed by atoms with Gasteiger partial charge in [-0.05, 0) is 17.5 Å². The Morgan fingerprint density at radius 3 is 1.74 bits per heavy atom. The fourth-order valence-corrected chi connectivity index (χ4v) is 4.17. The van der Waals surface area contributed by atoms with E-state index in [4.69, 9.17) is 15.0 Å². The molecule has 0 fully saturated rings. The van der Waals surface area contributed by atoms with Crippen LogP contribution >= 0.6 is 15.9 Å². The average Bonchev–Trinajstić information content (AvgIpc) is 2.85. The molecule has 31 heavy (non-hydrogen) atoms. The molecule has 1 aromatic heterocycles. The van der Waals surface area contributed by atoms with Crippen molar-refractivity contribution >= 4 is 15.9 Å². The second-order valence-corrected chi connectivity index (χ2v) is 8.36. The van der Waals surface area contributed by atoms with Gasteiger partial charge in [0.25, 0.3) is 0 Å². The second-order valence-electron chi connectivity index (χ2n) is 7.45. The fraction of sp³-hybridized carbons (Fsp3) is 0.0741. The van der Waals surface area contributed by atoms with E-state index < -0.39 is 0 Å². The van der Waals surface area contributed by atoms with E-state index in [-0.39, 0.29) is 5.92 Å². The van der Waals surface area contributed by atoms with Crippen molar-refractivity contribution in [2.75, 3.05) is 0 Å². The van der Waals surface area contributed by atoms with Crippen molar-refractivity contribution in [3.8, 4) is 33.9 Å². The maximum absolute atomic E-state index is 4.87. The van der Waals surface area contributed by atoms with E-state index in [1.54, 1.807) is 0 Å². The van der Waals surface area contributed by atoms with Crippen LogP contribution in [0.2, 0.25) is 0 Å². The summed E-state index contributed by atoms with van der Waals surface area (Å²) < 4.78 is 1.05. The Morgan fingerprint density at radius 1 is 0.613 bits per heavy atom. The van der Waals surface area contributed by atoms with Gasteiger partial charge in [0.1, 0.15) is 5.82 Å². The normalized spacial score (nSPS) is 15.5. The Morgan fingerprint density at radius 2 is 1.13 bits per heavy atom. The minimum Gasteiger partial charge on any atom is -0.212 e. The van der Waals surface area contributed by atoms with Gasteiger partial charge in [-0.1, -0.05) is 119 Å². The molecule has 4 aromatic rings. The van der Waals surface area contributed by atoms with Crippen LogP contribution in [0.1, 0.15) is 18.2 Å². The number of rotatable bonds is 4. The highest BCUT2D eigenvalue weighted by Crippen LogP contribution is 2.30. The summed E-state index contributed by atoms with van der Waals surface area (Å²) in [7, 11) is 0. The lowest BCUT2D eigenvalue weighted by Gasteiger charge is -2.15. The highest BCUT2D eigenvalue weighted by atomic mass is 79.9. The third kappa shape index (κ3) is 4.39. The summed E-state index contributed by atoms with van der Waals surface area (Å²) in [6.07, 6.45) is 7.25. The van der Waals surface area contributed by atoms with Gasteiger partial charge < -0.3 is 0 Å². The second kappa shape index (κ2) is 8.78. The lowest BCUT2D eigenvalue weighted by Crippen LogP contribution is -2.08. The van der Waals surface area contributed by atoms with Crippen LogP contribution in [-0.2, 0) is 0 Å².